The Labute approximate surface area is 96.2 Å². The Morgan fingerprint density at radius 1 is 1.38 bits per heavy atom. The van der Waals surface area contributed by atoms with Crippen molar-refractivity contribution in [2.75, 3.05) is 6.54 Å². The van der Waals surface area contributed by atoms with Crippen LogP contribution in [0.1, 0.15) is 45.4 Å². The first-order chi connectivity index (χ1) is 7.60. The van der Waals surface area contributed by atoms with E-state index in [4.69, 9.17) is 5.73 Å². The van der Waals surface area contributed by atoms with Crippen LogP contribution in [-0.2, 0) is 9.59 Å². The molecule has 0 aromatic rings. The van der Waals surface area contributed by atoms with E-state index in [1.165, 1.54) is 4.90 Å². The van der Waals surface area contributed by atoms with Crippen LogP contribution in [0.2, 0.25) is 0 Å². The van der Waals surface area contributed by atoms with Crippen LogP contribution in [0.3, 0.4) is 0 Å². The number of amides is 2. The average molecular weight is 224 g/mol. The maximum atomic E-state index is 12.3. The van der Waals surface area contributed by atoms with Crippen molar-refractivity contribution in [2.45, 2.75) is 51.5 Å². The maximum Gasteiger partial charge on any atom is 0.236 e. The van der Waals surface area contributed by atoms with E-state index in [0.29, 0.717) is 19.4 Å². The van der Waals surface area contributed by atoms with Gasteiger partial charge in [0.15, 0.2) is 0 Å². The molecule has 2 rings (SSSR count). The standard InChI is InChI=1S/C12H20N2O2/c1-9(4-7-13)14-10(15)8-12(11(14)16)5-2-3-6-12/h9H,2-8,13H2,1H3. The van der Waals surface area contributed by atoms with Gasteiger partial charge in [0.25, 0.3) is 0 Å². The minimum Gasteiger partial charge on any atom is -0.330 e. The summed E-state index contributed by atoms with van der Waals surface area (Å²) in [7, 11) is 0. The lowest BCUT2D eigenvalue weighted by atomic mass is 9.84. The fourth-order valence-electron chi connectivity index (χ4n) is 3.08. The van der Waals surface area contributed by atoms with Gasteiger partial charge in [-0.05, 0) is 32.7 Å². The molecule has 0 bridgehead atoms. The lowest BCUT2D eigenvalue weighted by Gasteiger charge is -2.25. The van der Waals surface area contributed by atoms with Gasteiger partial charge in [0, 0.05) is 12.5 Å². The van der Waals surface area contributed by atoms with Gasteiger partial charge in [0.2, 0.25) is 11.8 Å². The number of hydrogen-bond acceptors (Lipinski definition) is 3. The Hall–Kier alpha value is -0.900. The van der Waals surface area contributed by atoms with Gasteiger partial charge >= 0.3 is 0 Å². The SMILES string of the molecule is CC(CCN)N1C(=O)CC2(CCCC2)C1=O. The molecule has 1 aliphatic carbocycles. The van der Waals surface area contributed by atoms with Crippen molar-refractivity contribution >= 4 is 11.8 Å². The summed E-state index contributed by atoms with van der Waals surface area (Å²) in [5.41, 5.74) is 5.15. The molecule has 1 heterocycles. The Morgan fingerprint density at radius 2 is 2.00 bits per heavy atom. The highest BCUT2D eigenvalue weighted by Gasteiger charge is 2.53. The van der Waals surface area contributed by atoms with Crippen LogP contribution < -0.4 is 5.73 Å². The number of carbonyl (C=O) groups excluding carboxylic acids is 2. The van der Waals surface area contributed by atoms with E-state index in [2.05, 4.69) is 0 Å². The van der Waals surface area contributed by atoms with Crippen LogP contribution in [-0.4, -0.2) is 29.3 Å². The number of hydrogen-bond donors (Lipinski definition) is 1. The van der Waals surface area contributed by atoms with Crippen molar-refractivity contribution < 1.29 is 9.59 Å². The highest BCUT2D eigenvalue weighted by molar-refractivity contribution is 6.06. The second-order valence-electron chi connectivity index (χ2n) is 5.16. The summed E-state index contributed by atoms with van der Waals surface area (Å²) in [5.74, 6) is 0.0730. The zero-order valence-electron chi connectivity index (χ0n) is 9.87. The van der Waals surface area contributed by atoms with E-state index in [1.807, 2.05) is 6.92 Å². The van der Waals surface area contributed by atoms with Crippen LogP contribution in [0, 0.1) is 5.41 Å². The molecule has 1 spiro atoms. The van der Waals surface area contributed by atoms with Gasteiger partial charge in [0.05, 0.1) is 5.41 Å². The molecule has 4 nitrogen and oxygen atoms in total. The second kappa shape index (κ2) is 4.17. The number of likely N-dealkylation sites (tertiary alicyclic amines) is 1. The van der Waals surface area contributed by atoms with E-state index in [9.17, 15) is 9.59 Å². The van der Waals surface area contributed by atoms with Crippen molar-refractivity contribution in [1.82, 2.24) is 4.90 Å². The Kier molecular flexibility index (Phi) is 3.02. The molecule has 0 aromatic heterocycles. The van der Waals surface area contributed by atoms with Gasteiger partial charge in [-0.2, -0.15) is 0 Å². The highest BCUT2D eigenvalue weighted by Crippen LogP contribution is 2.47. The second-order valence-corrected chi connectivity index (χ2v) is 5.16. The van der Waals surface area contributed by atoms with Crippen LogP contribution in [0.4, 0.5) is 0 Å². The minimum atomic E-state index is -0.333. The van der Waals surface area contributed by atoms with Crippen molar-refractivity contribution in [3.05, 3.63) is 0 Å². The lowest BCUT2D eigenvalue weighted by molar-refractivity contribution is -0.143. The fraction of sp³-hybridized carbons (Fsp3) is 0.833. The molecule has 90 valence electrons. The predicted molar refractivity (Wildman–Crippen MR) is 60.5 cm³/mol. The molecule has 2 fully saturated rings. The van der Waals surface area contributed by atoms with Gasteiger partial charge < -0.3 is 5.73 Å². The minimum absolute atomic E-state index is 0.00727. The molecule has 1 saturated carbocycles. The van der Waals surface area contributed by atoms with Gasteiger partial charge in [-0.3, -0.25) is 14.5 Å². The number of imide groups is 1. The van der Waals surface area contributed by atoms with E-state index in [0.717, 1.165) is 25.7 Å². The smallest absolute Gasteiger partial charge is 0.236 e. The summed E-state index contributed by atoms with van der Waals surface area (Å²) in [5, 5.41) is 0. The van der Waals surface area contributed by atoms with E-state index in [1.54, 1.807) is 0 Å². The zero-order chi connectivity index (χ0) is 11.8. The van der Waals surface area contributed by atoms with Crippen molar-refractivity contribution in [3.63, 3.8) is 0 Å². The molecule has 2 amide bonds. The predicted octanol–water partition coefficient (Wildman–Crippen LogP) is 1.04. The van der Waals surface area contributed by atoms with Crippen LogP contribution in [0.15, 0.2) is 0 Å². The molecule has 1 unspecified atom stereocenters. The van der Waals surface area contributed by atoms with Crippen LogP contribution in [0.5, 0.6) is 0 Å². The van der Waals surface area contributed by atoms with E-state index in [-0.39, 0.29) is 23.3 Å². The first kappa shape index (κ1) is 11.6. The monoisotopic (exact) mass is 224 g/mol. The third kappa shape index (κ3) is 1.65. The maximum absolute atomic E-state index is 12.3. The summed E-state index contributed by atoms with van der Waals surface area (Å²) in [6.07, 6.45) is 5.08. The molecule has 2 aliphatic rings. The molecule has 1 saturated heterocycles. The molecule has 2 N–H and O–H groups in total. The van der Waals surface area contributed by atoms with Crippen molar-refractivity contribution in [2.24, 2.45) is 11.1 Å². The van der Waals surface area contributed by atoms with Crippen LogP contribution in [0.25, 0.3) is 0 Å². The van der Waals surface area contributed by atoms with Gasteiger partial charge in [0.1, 0.15) is 0 Å². The number of nitrogens with zero attached hydrogens (tertiary/aromatic N) is 1. The molecule has 0 radical (unpaired) electrons. The van der Waals surface area contributed by atoms with E-state index < -0.39 is 0 Å². The summed E-state index contributed by atoms with van der Waals surface area (Å²) >= 11 is 0. The third-order valence-corrected chi connectivity index (χ3v) is 4.02. The number of nitrogens with two attached hydrogens (primary N) is 1. The number of carbonyl (C=O) groups is 2. The Balaban J connectivity index is 2.16. The first-order valence-electron chi connectivity index (χ1n) is 6.17. The summed E-state index contributed by atoms with van der Waals surface area (Å²) in [6, 6.07) is -0.0371. The van der Waals surface area contributed by atoms with Crippen molar-refractivity contribution in [1.29, 1.82) is 0 Å². The quantitative estimate of drug-likeness (QED) is 0.729. The van der Waals surface area contributed by atoms with Gasteiger partial charge in [-0.15, -0.1) is 0 Å². The molecule has 16 heavy (non-hydrogen) atoms. The van der Waals surface area contributed by atoms with Gasteiger partial charge in [-0.1, -0.05) is 12.8 Å². The highest BCUT2D eigenvalue weighted by atomic mass is 16.2. The molecule has 4 heteroatoms. The van der Waals surface area contributed by atoms with E-state index >= 15 is 0 Å². The normalized spacial score (nSPS) is 25.8. The zero-order valence-corrected chi connectivity index (χ0v) is 9.87. The summed E-state index contributed by atoms with van der Waals surface area (Å²) in [6.45, 7) is 2.43. The molecule has 1 atom stereocenters. The molecule has 0 aromatic carbocycles. The van der Waals surface area contributed by atoms with Gasteiger partial charge in [-0.25, -0.2) is 0 Å². The van der Waals surface area contributed by atoms with Crippen LogP contribution >= 0.6 is 0 Å². The first-order valence-corrected chi connectivity index (χ1v) is 6.17. The summed E-state index contributed by atoms with van der Waals surface area (Å²) < 4.78 is 0. The largest absolute Gasteiger partial charge is 0.330 e. The number of rotatable bonds is 3. The lowest BCUT2D eigenvalue weighted by Crippen LogP contribution is -2.41. The topological polar surface area (TPSA) is 63.4 Å². The Morgan fingerprint density at radius 3 is 2.56 bits per heavy atom. The molecular weight excluding hydrogens is 204 g/mol. The third-order valence-electron chi connectivity index (χ3n) is 4.02. The summed E-state index contributed by atoms with van der Waals surface area (Å²) in [4.78, 5) is 25.7. The average Bonchev–Trinajstić information content (AvgIpc) is 2.76. The van der Waals surface area contributed by atoms with Crippen molar-refractivity contribution in [3.8, 4) is 0 Å². The fourth-order valence-corrected chi connectivity index (χ4v) is 3.08. The molecule has 1 aliphatic heterocycles. The molecular formula is C12H20N2O2. The Bertz CT molecular complexity index is 308.